The maximum atomic E-state index is 12.7. The Balaban J connectivity index is 1.29. The number of likely N-dealkylation sites (tertiary alicyclic amines) is 1. The van der Waals surface area contributed by atoms with E-state index in [1.54, 1.807) is 0 Å². The van der Waals surface area contributed by atoms with Gasteiger partial charge in [0.15, 0.2) is 0 Å². The summed E-state index contributed by atoms with van der Waals surface area (Å²) in [4.78, 5) is 39.1. The van der Waals surface area contributed by atoms with E-state index in [1.165, 1.54) is 0 Å². The number of imide groups is 1. The van der Waals surface area contributed by atoms with Crippen molar-refractivity contribution in [2.45, 2.75) is 25.9 Å². The Morgan fingerprint density at radius 1 is 0.912 bits per heavy atom. The fourth-order valence-electron chi connectivity index (χ4n) is 4.70. The summed E-state index contributed by atoms with van der Waals surface area (Å²) < 4.78 is 1.87. The van der Waals surface area contributed by atoms with Crippen molar-refractivity contribution in [1.29, 1.82) is 0 Å². The number of allylic oxidation sites excluding steroid dienone is 2. The smallest absolute Gasteiger partial charge is 0.240 e. The van der Waals surface area contributed by atoms with Crippen molar-refractivity contribution in [2.75, 3.05) is 6.54 Å². The van der Waals surface area contributed by atoms with Crippen LogP contribution in [0.4, 0.5) is 0 Å². The molecule has 1 aliphatic carbocycles. The van der Waals surface area contributed by atoms with Gasteiger partial charge in [-0.15, -0.1) is 0 Å². The minimum atomic E-state index is -0.358. The SMILES string of the molecule is O=C(CN1C(=O)C2CC=CCC2C1=O)NCc1cn(Cc2ccccc2)nc1-c1ccccc1. The van der Waals surface area contributed by atoms with Crippen molar-refractivity contribution < 1.29 is 14.4 Å². The number of aromatic nitrogens is 2. The topological polar surface area (TPSA) is 84.3 Å². The minimum absolute atomic E-state index is 0.241. The van der Waals surface area contributed by atoms with Gasteiger partial charge in [0.05, 0.1) is 24.1 Å². The second kappa shape index (κ2) is 9.47. The van der Waals surface area contributed by atoms with Crippen molar-refractivity contribution in [2.24, 2.45) is 11.8 Å². The largest absolute Gasteiger partial charge is 0.350 e. The number of nitrogens with one attached hydrogen (secondary N) is 1. The van der Waals surface area contributed by atoms with Gasteiger partial charge in [0.25, 0.3) is 0 Å². The second-order valence-electron chi connectivity index (χ2n) is 8.75. The first-order valence-electron chi connectivity index (χ1n) is 11.5. The standard InChI is InChI=1S/C27H26N4O3/c32-24(18-31-26(33)22-13-7-8-14-23(22)27(31)34)28-15-21-17-30(16-19-9-3-1-4-10-19)29-25(21)20-11-5-2-6-12-20/h1-12,17,22-23H,13-16,18H2,(H,28,32). The van der Waals surface area contributed by atoms with Crippen LogP contribution in [0.15, 0.2) is 79.0 Å². The number of carbonyl (C=O) groups is 3. The first-order valence-corrected chi connectivity index (χ1v) is 11.5. The van der Waals surface area contributed by atoms with Crippen LogP contribution in [0.1, 0.15) is 24.0 Å². The van der Waals surface area contributed by atoms with Crippen LogP contribution in [0, 0.1) is 11.8 Å². The highest BCUT2D eigenvalue weighted by Crippen LogP contribution is 2.34. The lowest BCUT2D eigenvalue weighted by Gasteiger charge is -2.14. The average molecular weight is 455 g/mol. The van der Waals surface area contributed by atoms with E-state index in [1.807, 2.05) is 83.7 Å². The third kappa shape index (κ3) is 4.41. The van der Waals surface area contributed by atoms with E-state index >= 15 is 0 Å². The van der Waals surface area contributed by atoms with Gasteiger partial charge in [-0.3, -0.25) is 24.0 Å². The Kier molecular flexibility index (Phi) is 6.08. The third-order valence-electron chi connectivity index (χ3n) is 6.45. The molecule has 7 heteroatoms. The van der Waals surface area contributed by atoms with Crippen molar-refractivity contribution in [1.82, 2.24) is 20.0 Å². The number of benzene rings is 2. The molecular weight excluding hydrogens is 428 g/mol. The number of amides is 3. The molecule has 3 amide bonds. The first-order chi connectivity index (χ1) is 16.6. The molecule has 1 saturated heterocycles. The summed E-state index contributed by atoms with van der Waals surface area (Å²) in [7, 11) is 0. The molecule has 172 valence electrons. The highest BCUT2D eigenvalue weighted by atomic mass is 16.2. The number of carbonyl (C=O) groups excluding carboxylic acids is 3. The zero-order valence-corrected chi connectivity index (χ0v) is 18.8. The molecule has 2 aromatic carbocycles. The van der Waals surface area contributed by atoms with Crippen LogP contribution in [-0.4, -0.2) is 38.9 Å². The third-order valence-corrected chi connectivity index (χ3v) is 6.45. The molecule has 5 rings (SSSR count). The Morgan fingerprint density at radius 3 is 2.18 bits per heavy atom. The molecule has 34 heavy (non-hydrogen) atoms. The van der Waals surface area contributed by atoms with Crippen LogP contribution in [0.2, 0.25) is 0 Å². The normalized spacial score (nSPS) is 19.4. The summed E-state index contributed by atoms with van der Waals surface area (Å²) in [6.45, 7) is 0.619. The lowest BCUT2D eigenvalue weighted by atomic mass is 9.85. The van der Waals surface area contributed by atoms with Gasteiger partial charge in [-0.05, 0) is 18.4 Å². The van der Waals surface area contributed by atoms with Crippen molar-refractivity contribution >= 4 is 17.7 Å². The molecule has 0 radical (unpaired) electrons. The fourth-order valence-corrected chi connectivity index (χ4v) is 4.70. The highest BCUT2D eigenvalue weighted by molar-refractivity contribution is 6.07. The van der Waals surface area contributed by atoms with Crippen molar-refractivity contribution in [3.63, 3.8) is 0 Å². The molecule has 2 unspecified atom stereocenters. The number of nitrogens with zero attached hydrogens (tertiary/aromatic N) is 3. The number of hydrogen-bond donors (Lipinski definition) is 1. The highest BCUT2D eigenvalue weighted by Gasteiger charge is 2.47. The summed E-state index contributed by atoms with van der Waals surface area (Å²) in [5.74, 6) is -1.49. The van der Waals surface area contributed by atoms with Gasteiger partial charge in [-0.25, -0.2) is 0 Å². The zero-order chi connectivity index (χ0) is 23.5. The Hall–Kier alpha value is -4.00. The molecule has 1 N–H and O–H groups in total. The van der Waals surface area contributed by atoms with Crippen LogP contribution in [0.25, 0.3) is 11.3 Å². The van der Waals surface area contributed by atoms with E-state index in [-0.39, 0.29) is 42.6 Å². The molecule has 7 nitrogen and oxygen atoms in total. The molecule has 2 atom stereocenters. The van der Waals surface area contributed by atoms with Gasteiger partial charge in [-0.2, -0.15) is 5.10 Å². The van der Waals surface area contributed by atoms with Gasteiger partial charge in [0, 0.05) is 23.9 Å². The Bertz CT molecular complexity index is 1210. The quantitative estimate of drug-likeness (QED) is 0.439. The second-order valence-corrected chi connectivity index (χ2v) is 8.75. The number of rotatable bonds is 7. The molecule has 0 bridgehead atoms. The predicted octanol–water partition coefficient (Wildman–Crippen LogP) is 3.17. The van der Waals surface area contributed by atoms with E-state index in [2.05, 4.69) is 5.32 Å². The van der Waals surface area contributed by atoms with Crippen LogP contribution < -0.4 is 5.32 Å². The average Bonchev–Trinajstić information content (AvgIpc) is 3.38. The fraction of sp³-hybridized carbons (Fsp3) is 0.259. The van der Waals surface area contributed by atoms with Gasteiger partial charge >= 0.3 is 0 Å². The van der Waals surface area contributed by atoms with Gasteiger partial charge in [0.1, 0.15) is 6.54 Å². The summed E-state index contributed by atoms with van der Waals surface area (Å²) in [6, 6.07) is 19.9. The van der Waals surface area contributed by atoms with Gasteiger partial charge in [0.2, 0.25) is 17.7 Å². The summed E-state index contributed by atoms with van der Waals surface area (Å²) in [5, 5.41) is 7.65. The molecule has 1 aromatic heterocycles. The Labute approximate surface area is 198 Å². The maximum absolute atomic E-state index is 12.7. The molecule has 1 fully saturated rings. The molecule has 2 aliphatic rings. The first kappa shape index (κ1) is 21.8. The van der Waals surface area contributed by atoms with Crippen LogP contribution >= 0.6 is 0 Å². The van der Waals surface area contributed by atoms with Crippen molar-refractivity contribution in [3.05, 3.63) is 90.1 Å². The van der Waals surface area contributed by atoms with E-state index < -0.39 is 0 Å². The summed E-state index contributed by atoms with van der Waals surface area (Å²) in [5.41, 5.74) is 3.75. The molecular formula is C27H26N4O3. The lowest BCUT2D eigenvalue weighted by Crippen LogP contribution is -2.40. The van der Waals surface area contributed by atoms with E-state index in [0.717, 1.165) is 27.3 Å². The molecule has 2 heterocycles. The number of fused-ring (bicyclic) bond motifs is 1. The summed E-state index contributed by atoms with van der Waals surface area (Å²) in [6.07, 6.45) is 6.94. The molecule has 1 aliphatic heterocycles. The summed E-state index contributed by atoms with van der Waals surface area (Å²) >= 11 is 0. The number of hydrogen-bond acceptors (Lipinski definition) is 4. The van der Waals surface area contributed by atoms with E-state index in [9.17, 15) is 14.4 Å². The monoisotopic (exact) mass is 454 g/mol. The molecule has 0 spiro atoms. The van der Waals surface area contributed by atoms with Crippen LogP contribution in [-0.2, 0) is 27.5 Å². The predicted molar refractivity (Wildman–Crippen MR) is 127 cm³/mol. The van der Waals surface area contributed by atoms with Crippen LogP contribution in [0.5, 0.6) is 0 Å². The molecule has 0 saturated carbocycles. The molecule has 3 aromatic rings. The maximum Gasteiger partial charge on any atom is 0.240 e. The lowest BCUT2D eigenvalue weighted by molar-refractivity contribution is -0.143. The van der Waals surface area contributed by atoms with E-state index in [4.69, 9.17) is 5.10 Å². The minimum Gasteiger partial charge on any atom is -0.350 e. The van der Waals surface area contributed by atoms with Gasteiger partial charge in [-0.1, -0.05) is 72.8 Å². The Morgan fingerprint density at radius 2 is 1.53 bits per heavy atom. The van der Waals surface area contributed by atoms with E-state index in [0.29, 0.717) is 19.4 Å². The van der Waals surface area contributed by atoms with Crippen LogP contribution in [0.3, 0.4) is 0 Å². The zero-order valence-electron chi connectivity index (χ0n) is 18.8. The van der Waals surface area contributed by atoms with Gasteiger partial charge < -0.3 is 5.32 Å². The van der Waals surface area contributed by atoms with Crippen molar-refractivity contribution in [3.8, 4) is 11.3 Å².